The molecule has 7 nitrogen and oxygen atoms in total. The molecule has 0 fully saturated rings. The Hall–Kier alpha value is -2.22. The van der Waals surface area contributed by atoms with Gasteiger partial charge in [0.15, 0.2) is 5.82 Å². The van der Waals surface area contributed by atoms with Gasteiger partial charge in [0.1, 0.15) is 6.61 Å². The van der Waals surface area contributed by atoms with Crippen LogP contribution in [0.5, 0.6) is 0 Å². The summed E-state index contributed by atoms with van der Waals surface area (Å²) in [6.07, 6.45) is 0.860. The first-order valence-corrected chi connectivity index (χ1v) is 8.45. The highest BCUT2D eigenvalue weighted by atomic mass is 16.5. The number of benzene rings is 1. The Kier molecular flexibility index (Phi) is 6.16. The number of hydrogen-bond donors (Lipinski definition) is 2. The van der Waals surface area contributed by atoms with Gasteiger partial charge in [0, 0.05) is 32.3 Å². The normalized spacial score (nSPS) is 14.3. The number of nitrogens with zero attached hydrogens (tertiary/aromatic N) is 2. The topological polar surface area (TPSA) is 79.5 Å². The number of aromatic nitrogens is 2. The lowest BCUT2D eigenvalue weighted by molar-refractivity contribution is -0.121. The summed E-state index contributed by atoms with van der Waals surface area (Å²) >= 11 is 0. The second-order valence-electron chi connectivity index (χ2n) is 6.07. The molecule has 2 N–H and O–H groups in total. The third-order valence-corrected chi connectivity index (χ3v) is 4.18. The minimum atomic E-state index is -0.197. The molecule has 25 heavy (non-hydrogen) atoms. The predicted octanol–water partition coefficient (Wildman–Crippen LogP) is 1.57. The molecule has 7 heteroatoms. The minimum absolute atomic E-state index is 0.00508. The fraction of sp³-hybridized carbons (Fsp3) is 0.444. The fourth-order valence-electron chi connectivity index (χ4n) is 2.93. The van der Waals surface area contributed by atoms with E-state index in [1.54, 1.807) is 7.11 Å². The lowest BCUT2D eigenvalue weighted by Gasteiger charge is -2.26. The van der Waals surface area contributed by atoms with Crippen molar-refractivity contribution < 1.29 is 14.3 Å². The van der Waals surface area contributed by atoms with Crippen molar-refractivity contribution in [3.63, 3.8) is 0 Å². The van der Waals surface area contributed by atoms with Gasteiger partial charge in [-0.15, -0.1) is 0 Å². The molecule has 1 aliphatic rings. The van der Waals surface area contributed by atoms with Gasteiger partial charge in [0.05, 0.1) is 18.9 Å². The molecule has 1 aromatic carbocycles. The molecule has 1 amide bonds. The number of carbonyl (C=O) groups excluding carboxylic acids is 1. The Morgan fingerprint density at radius 2 is 2.16 bits per heavy atom. The fourth-order valence-corrected chi connectivity index (χ4v) is 2.93. The largest absolute Gasteiger partial charge is 0.382 e. The molecule has 0 radical (unpaired) electrons. The van der Waals surface area contributed by atoms with Crippen LogP contribution in [-0.2, 0) is 33.8 Å². The monoisotopic (exact) mass is 344 g/mol. The maximum Gasteiger partial charge on any atom is 0.251 e. The number of anilines is 1. The molecular formula is C18H24N4O3. The molecule has 0 saturated carbocycles. The number of aromatic amines is 1. The number of methoxy groups -OCH3 is 1. The van der Waals surface area contributed by atoms with E-state index >= 15 is 0 Å². The number of amides is 1. The lowest BCUT2D eigenvalue weighted by atomic mass is 10.1. The number of nitrogens with one attached hydrogen (secondary N) is 2. The molecule has 2 aromatic rings. The first kappa shape index (κ1) is 17.6. The summed E-state index contributed by atoms with van der Waals surface area (Å²) in [7, 11) is 1.60. The third-order valence-electron chi connectivity index (χ3n) is 4.18. The molecule has 1 aromatic heterocycles. The first-order chi connectivity index (χ1) is 12.3. The zero-order valence-corrected chi connectivity index (χ0v) is 14.5. The average Bonchev–Trinajstić information content (AvgIpc) is 3.02. The van der Waals surface area contributed by atoms with Gasteiger partial charge in [-0.1, -0.05) is 30.3 Å². The van der Waals surface area contributed by atoms with Crippen molar-refractivity contribution in [3.8, 4) is 0 Å². The van der Waals surface area contributed by atoms with E-state index in [0.29, 0.717) is 19.0 Å². The van der Waals surface area contributed by atoms with Crippen molar-refractivity contribution in [2.45, 2.75) is 19.5 Å². The molecule has 0 spiro atoms. The van der Waals surface area contributed by atoms with Crippen LogP contribution in [0.15, 0.2) is 30.3 Å². The summed E-state index contributed by atoms with van der Waals surface area (Å²) in [5, 5.41) is 10.1. The van der Waals surface area contributed by atoms with E-state index in [4.69, 9.17) is 9.47 Å². The molecule has 134 valence electrons. The van der Waals surface area contributed by atoms with Gasteiger partial charge in [-0.25, -0.2) is 0 Å². The number of ether oxygens (including phenoxy) is 2. The van der Waals surface area contributed by atoms with Crippen molar-refractivity contribution in [3.05, 3.63) is 47.2 Å². The average molecular weight is 344 g/mol. The zero-order valence-electron chi connectivity index (χ0n) is 14.5. The molecule has 2 heterocycles. The van der Waals surface area contributed by atoms with Gasteiger partial charge in [0.2, 0.25) is 0 Å². The summed E-state index contributed by atoms with van der Waals surface area (Å²) in [5.74, 6) is 0.423. The lowest BCUT2D eigenvalue weighted by Crippen LogP contribution is -2.30. The Morgan fingerprint density at radius 3 is 2.96 bits per heavy atom. The van der Waals surface area contributed by atoms with Crippen LogP contribution >= 0.6 is 0 Å². The molecular weight excluding hydrogens is 320 g/mol. The highest BCUT2D eigenvalue weighted by Gasteiger charge is 2.22. The highest BCUT2D eigenvalue weighted by Crippen LogP contribution is 2.24. The van der Waals surface area contributed by atoms with Crippen LogP contribution in [0.1, 0.15) is 16.8 Å². The molecule has 0 atom stereocenters. The number of carbonyl (C=O) groups is 1. The SMILES string of the molecule is COCCOCC(=O)Nc1n[nH]c2c1CCN(Cc1ccccc1)C2. The van der Waals surface area contributed by atoms with E-state index in [-0.39, 0.29) is 12.5 Å². The van der Waals surface area contributed by atoms with E-state index in [9.17, 15) is 4.79 Å². The van der Waals surface area contributed by atoms with Gasteiger partial charge < -0.3 is 14.8 Å². The molecule has 1 aliphatic heterocycles. The molecule has 0 bridgehead atoms. The van der Waals surface area contributed by atoms with Crippen molar-refractivity contribution in [1.82, 2.24) is 15.1 Å². The van der Waals surface area contributed by atoms with Crippen LogP contribution < -0.4 is 5.32 Å². The number of rotatable bonds is 8. The maximum atomic E-state index is 11.9. The molecule has 0 aliphatic carbocycles. The molecule has 0 saturated heterocycles. The van der Waals surface area contributed by atoms with Gasteiger partial charge in [-0.3, -0.25) is 14.8 Å². The summed E-state index contributed by atoms with van der Waals surface area (Å²) in [5.41, 5.74) is 3.46. The smallest absolute Gasteiger partial charge is 0.251 e. The Balaban J connectivity index is 1.52. The van der Waals surface area contributed by atoms with Crippen molar-refractivity contribution in [1.29, 1.82) is 0 Å². The summed E-state index contributed by atoms with van der Waals surface area (Å²) in [4.78, 5) is 14.3. The van der Waals surface area contributed by atoms with E-state index in [1.165, 1.54) is 5.56 Å². The summed E-state index contributed by atoms with van der Waals surface area (Å²) in [6, 6.07) is 10.4. The highest BCUT2D eigenvalue weighted by molar-refractivity contribution is 5.91. The van der Waals surface area contributed by atoms with Crippen LogP contribution in [0.3, 0.4) is 0 Å². The van der Waals surface area contributed by atoms with Crippen LogP contribution in [0.2, 0.25) is 0 Å². The van der Waals surface area contributed by atoms with E-state index < -0.39 is 0 Å². The second kappa shape index (κ2) is 8.75. The number of H-pyrrole nitrogens is 1. The Labute approximate surface area is 147 Å². The van der Waals surface area contributed by atoms with Crippen molar-refractivity contribution in [2.24, 2.45) is 0 Å². The molecule has 0 unspecified atom stereocenters. The van der Waals surface area contributed by atoms with E-state index in [2.05, 4.69) is 44.7 Å². The number of hydrogen-bond acceptors (Lipinski definition) is 5. The Bertz CT molecular complexity index is 687. The zero-order chi connectivity index (χ0) is 17.5. The van der Waals surface area contributed by atoms with Gasteiger partial charge in [-0.2, -0.15) is 5.10 Å². The van der Waals surface area contributed by atoms with Crippen LogP contribution in [0.25, 0.3) is 0 Å². The standard InChI is InChI=1S/C18H24N4O3/c1-24-9-10-25-13-17(23)19-18-15-7-8-22(12-16(15)20-21-18)11-14-5-3-2-4-6-14/h2-6H,7-13H2,1H3,(H2,19,20,21,23). The summed E-state index contributed by atoms with van der Waals surface area (Å²) in [6.45, 7) is 3.53. The van der Waals surface area contributed by atoms with Gasteiger partial charge in [-0.05, 0) is 12.0 Å². The number of fused-ring (bicyclic) bond motifs is 1. The van der Waals surface area contributed by atoms with E-state index in [1.807, 2.05) is 6.07 Å². The van der Waals surface area contributed by atoms with Gasteiger partial charge >= 0.3 is 0 Å². The summed E-state index contributed by atoms with van der Waals surface area (Å²) < 4.78 is 10.1. The third kappa shape index (κ3) is 4.88. The second-order valence-corrected chi connectivity index (χ2v) is 6.07. The van der Waals surface area contributed by atoms with E-state index in [0.717, 1.165) is 37.3 Å². The Morgan fingerprint density at radius 1 is 1.32 bits per heavy atom. The van der Waals surface area contributed by atoms with Crippen molar-refractivity contribution >= 4 is 11.7 Å². The van der Waals surface area contributed by atoms with Crippen molar-refractivity contribution in [2.75, 3.05) is 38.8 Å². The maximum absolute atomic E-state index is 11.9. The minimum Gasteiger partial charge on any atom is -0.382 e. The van der Waals surface area contributed by atoms with Gasteiger partial charge in [0.25, 0.3) is 5.91 Å². The van der Waals surface area contributed by atoms with Crippen LogP contribution in [0, 0.1) is 0 Å². The first-order valence-electron chi connectivity index (χ1n) is 8.45. The van der Waals surface area contributed by atoms with Crippen LogP contribution in [0.4, 0.5) is 5.82 Å². The van der Waals surface area contributed by atoms with Crippen LogP contribution in [-0.4, -0.2) is 54.5 Å². The quantitative estimate of drug-likeness (QED) is 0.711. The predicted molar refractivity (Wildman–Crippen MR) is 94.2 cm³/mol. The molecule has 3 rings (SSSR count).